The van der Waals surface area contributed by atoms with E-state index in [-0.39, 0.29) is 6.04 Å². The van der Waals surface area contributed by atoms with Crippen LogP contribution < -0.4 is 11.1 Å². The van der Waals surface area contributed by atoms with Crippen molar-refractivity contribution in [2.24, 2.45) is 5.73 Å². The van der Waals surface area contributed by atoms with Crippen molar-refractivity contribution in [3.8, 4) is 0 Å². The Labute approximate surface area is 152 Å². The number of anilines is 2. The molecule has 0 aromatic carbocycles. The van der Waals surface area contributed by atoms with Crippen molar-refractivity contribution >= 4 is 28.8 Å². The Morgan fingerprint density at radius 1 is 1.40 bits per heavy atom. The molecule has 0 bridgehead atoms. The third kappa shape index (κ3) is 4.46. The van der Waals surface area contributed by atoms with Crippen LogP contribution in [0.1, 0.15) is 51.0 Å². The summed E-state index contributed by atoms with van der Waals surface area (Å²) < 4.78 is 0. The van der Waals surface area contributed by atoms with E-state index in [0.29, 0.717) is 28.4 Å². The minimum Gasteiger partial charge on any atom is -0.324 e. The first-order chi connectivity index (χ1) is 11.9. The molecule has 2 aromatic rings. The molecule has 7 heteroatoms. The van der Waals surface area contributed by atoms with Gasteiger partial charge in [-0.3, -0.25) is 5.10 Å². The van der Waals surface area contributed by atoms with Gasteiger partial charge in [0.1, 0.15) is 5.02 Å². The number of nitrogens with two attached hydrogens (primary N) is 1. The molecule has 0 saturated heterocycles. The standard InChI is InChI=1S/C18H23ClN6/c1-10(12(3)20)4-5-11(2)17-21-9-14(19)18(23-17)22-16-8-15(24-25-16)13-6-7-13/h4-5,8-9,12-13H,6-7,20H2,1-3H3,(H2,21,22,23,24,25)/b10-4+,11-5?. The van der Waals surface area contributed by atoms with E-state index in [9.17, 15) is 0 Å². The molecule has 6 nitrogen and oxygen atoms in total. The molecule has 3 rings (SSSR count). The molecule has 2 aromatic heterocycles. The number of hydrogen-bond donors (Lipinski definition) is 3. The van der Waals surface area contributed by atoms with Gasteiger partial charge in [0.2, 0.25) is 0 Å². The largest absolute Gasteiger partial charge is 0.324 e. The fraction of sp³-hybridized carbons (Fsp3) is 0.389. The minimum atomic E-state index is 0.0211. The Balaban J connectivity index is 1.79. The average molecular weight is 359 g/mol. The van der Waals surface area contributed by atoms with Crippen LogP contribution in [0.3, 0.4) is 0 Å². The molecule has 1 aliphatic rings. The second-order valence-corrected chi connectivity index (χ2v) is 6.95. The van der Waals surface area contributed by atoms with Gasteiger partial charge >= 0.3 is 0 Å². The van der Waals surface area contributed by atoms with Crippen molar-refractivity contribution in [3.05, 3.63) is 46.5 Å². The van der Waals surface area contributed by atoms with Gasteiger partial charge < -0.3 is 11.1 Å². The molecule has 1 unspecified atom stereocenters. The second kappa shape index (κ2) is 7.37. The van der Waals surface area contributed by atoms with E-state index in [2.05, 4.69) is 25.5 Å². The first-order valence-corrected chi connectivity index (χ1v) is 8.77. The molecule has 132 valence electrons. The van der Waals surface area contributed by atoms with Gasteiger partial charge in [-0.25, -0.2) is 9.97 Å². The van der Waals surface area contributed by atoms with Crippen LogP contribution in [0.2, 0.25) is 5.02 Å². The maximum absolute atomic E-state index is 6.23. The number of aromatic nitrogens is 4. The van der Waals surface area contributed by atoms with Crippen LogP contribution in [0, 0.1) is 0 Å². The predicted molar refractivity (Wildman–Crippen MR) is 102 cm³/mol. The molecule has 0 spiro atoms. The summed E-state index contributed by atoms with van der Waals surface area (Å²) in [6, 6.07) is 2.03. The zero-order valence-corrected chi connectivity index (χ0v) is 15.4. The van der Waals surface area contributed by atoms with Gasteiger partial charge in [0, 0.05) is 23.7 Å². The van der Waals surface area contributed by atoms with Crippen LogP contribution in [0.25, 0.3) is 5.57 Å². The van der Waals surface area contributed by atoms with E-state index in [1.807, 2.05) is 39.0 Å². The predicted octanol–water partition coefficient (Wildman–Crippen LogP) is 4.17. The lowest BCUT2D eigenvalue weighted by Crippen LogP contribution is -2.15. The molecule has 0 aliphatic heterocycles. The monoisotopic (exact) mass is 358 g/mol. The Morgan fingerprint density at radius 2 is 2.16 bits per heavy atom. The topological polar surface area (TPSA) is 92.5 Å². The summed E-state index contributed by atoms with van der Waals surface area (Å²) in [5, 5.41) is 11.0. The molecule has 1 fully saturated rings. The van der Waals surface area contributed by atoms with Crippen molar-refractivity contribution in [2.75, 3.05) is 5.32 Å². The number of rotatable bonds is 6. The summed E-state index contributed by atoms with van der Waals surface area (Å²) in [7, 11) is 0. The van der Waals surface area contributed by atoms with E-state index in [4.69, 9.17) is 17.3 Å². The summed E-state index contributed by atoms with van der Waals surface area (Å²) in [6.45, 7) is 5.91. The number of nitrogens with zero attached hydrogens (tertiary/aromatic N) is 3. The molecule has 1 saturated carbocycles. The smallest absolute Gasteiger partial charge is 0.157 e. The van der Waals surface area contributed by atoms with Crippen LogP contribution in [-0.4, -0.2) is 26.2 Å². The summed E-state index contributed by atoms with van der Waals surface area (Å²) in [4.78, 5) is 8.83. The molecular weight excluding hydrogens is 336 g/mol. The zero-order valence-electron chi connectivity index (χ0n) is 14.7. The number of halogens is 1. The number of nitrogens with one attached hydrogen (secondary N) is 2. The Morgan fingerprint density at radius 3 is 2.84 bits per heavy atom. The third-order valence-corrected chi connectivity index (χ3v) is 4.55. The number of allylic oxidation sites excluding steroid dienone is 3. The van der Waals surface area contributed by atoms with Crippen molar-refractivity contribution in [3.63, 3.8) is 0 Å². The van der Waals surface area contributed by atoms with Crippen LogP contribution in [-0.2, 0) is 0 Å². The second-order valence-electron chi connectivity index (χ2n) is 6.55. The average Bonchev–Trinajstić information content (AvgIpc) is 3.34. The van der Waals surface area contributed by atoms with Crippen LogP contribution >= 0.6 is 11.6 Å². The van der Waals surface area contributed by atoms with E-state index in [1.54, 1.807) is 6.20 Å². The van der Waals surface area contributed by atoms with Crippen molar-refractivity contribution in [2.45, 2.75) is 45.6 Å². The molecule has 0 amide bonds. The summed E-state index contributed by atoms with van der Waals surface area (Å²) in [6.07, 6.45) is 7.99. The van der Waals surface area contributed by atoms with E-state index < -0.39 is 0 Å². The summed E-state index contributed by atoms with van der Waals surface area (Å²) >= 11 is 6.23. The fourth-order valence-electron chi connectivity index (χ4n) is 2.25. The molecule has 1 atom stereocenters. The Hall–Kier alpha value is -2.18. The highest BCUT2D eigenvalue weighted by Gasteiger charge is 2.25. The molecule has 2 heterocycles. The molecule has 4 N–H and O–H groups in total. The first-order valence-electron chi connectivity index (χ1n) is 8.40. The van der Waals surface area contributed by atoms with Crippen molar-refractivity contribution < 1.29 is 0 Å². The zero-order chi connectivity index (χ0) is 18.0. The highest BCUT2D eigenvalue weighted by atomic mass is 35.5. The van der Waals surface area contributed by atoms with Crippen molar-refractivity contribution in [1.29, 1.82) is 0 Å². The van der Waals surface area contributed by atoms with Gasteiger partial charge in [-0.15, -0.1) is 0 Å². The van der Waals surface area contributed by atoms with Gasteiger partial charge in [0.25, 0.3) is 0 Å². The molecule has 1 aliphatic carbocycles. The Kier molecular flexibility index (Phi) is 5.20. The highest BCUT2D eigenvalue weighted by Crippen LogP contribution is 2.39. The third-order valence-electron chi connectivity index (χ3n) is 4.27. The molecular formula is C18H23ClN6. The van der Waals surface area contributed by atoms with Gasteiger partial charge in [0.05, 0.1) is 6.20 Å². The fourth-order valence-corrected chi connectivity index (χ4v) is 2.39. The Bertz CT molecular complexity index is 817. The number of aromatic amines is 1. The lowest BCUT2D eigenvalue weighted by atomic mass is 10.1. The first kappa shape index (κ1) is 17.6. The quantitative estimate of drug-likeness (QED) is 0.674. The van der Waals surface area contributed by atoms with E-state index in [1.165, 1.54) is 12.8 Å². The maximum Gasteiger partial charge on any atom is 0.157 e. The minimum absolute atomic E-state index is 0.0211. The normalized spacial score (nSPS) is 16.8. The molecule has 25 heavy (non-hydrogen) atoms. The van der Waals surface area contributed by atoms with Crippen LogP contribution in [0.4, 0.5) is 11.6 Å². The van der Waals surface area contributed by atoms with E-state index >= 15 is 0 Å². The van der Waals surface area contributed by atoms with Gasteiger partial charge in [0.15, 0.2) is 17.5 Å². The SMILES string of the molecule is CC(=C/C=C(\C)C(C)N)c1ncc(Cl)c(Nc2cc(C3CC3)[nH]n2)n1. The lowest BCUT2D eigenvalue weighted by Gasteiger charge is -2.07. The summed E-state index contributed by atoms with van der Waals surface area (Å²) in [5.74, 6) is 2.48. The van der Waals surface area contributed by atoms with Crippen molar-refractivity contribution in [1.82, 2.24) is 20.2 Å². The van der Waals surface area contributed by atoms with Gasteiger partial charge in [-0.1, -0.05) is 29.3 Å². The van der Waals surface area contributed by atoms with Crippen LogP contribution in [0.5, 0.6) is 0 Å². The van der Waals surface area contributed by atoms with E-state index in [0.717, 1.165) is 16.8 Å². The van der Waals surface area contributed by atoms with Crippen LogP contribution in [0.15, 0.2) is 30.0 Å². The highest BCUT2D eigenvalue weighted by molar-refractivity contribution is 6.32. The van der Waals surface area contributed by atoms with Gasteiger partial charge in [-0.2, -0.15) is 5.10 Å². The number of hydrogen-bond acceptors (Lipinski definition) is 5. The molecule has 0 radical (unpaired) electrons. The summed E-state index contributed by atoms with van der Waals surface area (Å²) in [5.41, 5.74) is 9.03. The lowest BCUT2D eigenvalue weighted by molar-refractivity contribution is 0.861. The van der Waals surface area contributed by atoms with Gasteiger partial charge in [-0.05, 0) is 39.2 Å². The maximum atomic E-state index is 6.23. The number of H-pyrrole nitrogens is 1.